The van der Waals surface area contributed by atoms with Crippen molar-refractivity contribution in [3.8, 4) is 0 Å². The van der Waals surface area contributed by atoms with Crippen LogP contribution in [-0.4, -0.2) is 12.1 Å². The highest BCUT2D eigenvalue weighted by Crippen LogP contribution is 2.14. The fraction of sp³-hybridized carbons (Fsp3) is 0. The minimum Gasteiger partial charge on any atom is -0.267 e. The molecule has 0 radical (unpaired) electrons. The van der Waals surface area contributed by atoms with E-state index in [0.29, 0.717) is 0 Å². The number of aliphatic imine (C=N–C) groups is 1. The third-order valence-electron chi connectivity index (χ3n) is 3.49. The number of nitrogens with zero attached hydrogens (tertiary/aromatic N) is 1. The second kappa shape index (κ2) is 3.26. The van der Waals surface area contributed by atoms with Crippen LogP contribution >= 0.6 is 0 Å². The molecule has 0 saturated carbocycles. The van der Waals surface area contributed by atoms with Crippen LogP contribution < -0.4 is 10.4 Å². The molecule has 0 aromatic heterocycles. The molecule has 2 aliphatic rings. The van der Waals surface area contributed by atoms with Crippen molar-refractivity contribution in [1.29, 1.82) is 0 Å². The molecule has 2 aromatic rings. The minimum atomic E-state index is -0.145. The van der Waals surface area contributed by atoms with E-state index in [-0.39, 0.29) is 5.91 Å². The Hall–Kier alpha value is -2.48. The zero-order valence-electron chi connectivity index (χ0n) is 9.55. The van der Waals surface area contributed by atoms with E-state index in [1.165, 1.54) is 10.4 Å². The summed E-state index contributed by atoms with van der Waals surface area (Å²) >= 11 is 0. The molecule has 0 saturated heterocycles. The topological polar surface area (TPSA) is 29.4 Å². The minimum absolute atomic E-state index is 0.145. The van der Waals surface area contributed by atoms with Gasteiger partial charge in [-0.15, -0.1) is 0 Å². The molecule has 1 amide bonds. The maximum atomic E-state index is 12.0. The van der Waals surface area contributed by atoms with Crippen molar-refractivity contribution in [3.63, 3.8) is 0 Å². The lowest BCUT2D eigenvalue weighted by atomic mass is 10.0. The van der Waals surface area contributed by atoms with Gasteiger partial charge in [-0.2, -0.15) is 0 Å². The van der Waals surface area contributed by atoms with Crippen LogP contribution in [0, 0.1) is 10.4 Å². The molecule has 0 bridgehead atoms. The molecule has 1 aliphatic carbocycles. The number of carbonyl (C=O) groups excluding carboxylic acids is 1. The van der Waals surface area contributed by atoms with E-state index in [2.05, 4.69) is 29.3 Å². The molecule has 0 fully saturated rings. The molecule has 0 unspecified atom stereocenters. The van der Waals surface area contributed by atoms with E-state index in [9.17, 15) is 4.79 Å². The van der Waals surface area contributed by atoms with Crippen molar-refractivity contribution in [2.75, 3.05) is 0 Å². The summed E-state index contributed by atoms with van der Waals surface area (Å²) in [7, 11) is 0. The molecule has 0 spiro atoms. The van der Waals surface area contributed by atoms with Gasteiger partial charge in [-0.3, -0.25) is 4.79 Å². The van der Waals surface area contributed by atoms with Crippen molar-refractivity contribution in [3.05, 3.63) is 68.4 Å². The Bertz CT molecular complexity index is 936. The lowest BCUT2D eigenvalue weighted by molar-refractivity contribution is 0.100. The molecule has 84 valence electrons. The molecule has 2 heteroatoms. The lowest BCUT2D eigenvalue weighted by Gasteiger charge is -2.05. The number of benzene rings is 2. The number of rotatable bonds is 0. The summed E-state index contributed by atoms with van der Waals surface area (Å²) in [5, 5.41) is 4.45. The molecule has 1 aliphatic heterocycles. The zero-order valence-corrected chi connectivity index (χ0v) is 9.55. The number of carbonyl (C=O) groups is 1. The van der Waals surface area contributed by atoms with Crippen LogP contribution in [0.3, 0.4) is 0 Å². The number of hydrogen-bond donors (Lipinski definition) is 0. The largest absolute Gasteiger partial charge is 0.278 e. The van der Waals surface area contributed by atoms with E-state index in [1.807, 2.05) is 24.3 Å². The standard InChI is InChI=1S/C16H9NO/c18-16-15-10(7-8-17-16)5-6-13-12-4-2-1-3-11(12)9-14(13)15/h1-9H. The molecule has 0 atom stereocenters. The zero-order chi connectivity index (χ0) is 12.1. The predicted molar refractivity (Wildman–Crippen MR) is 70.7 cm³/mol. The molecule has 1 heterocycles. The van der Waals surface area contributed by atoms with E-state index >= 15 is 0 Å². The molecule has 2 nitrogen and oxygen atoms in total. The third kappa shape index (κ3) is 1.12. The van der Waals surface area contributed by atoms with Crippen molar-refractivity contribution in [1.82, 2.24) is 0 Å². The normalized spacial score (nSPS) is 14.3. The summed E-state index contributed by atoms with van der Waals surface area (Å²) in [5.41, 5.74) is 1.73. The highest BCUT2D eigenvalue weighted by atomic mass is 16.1. The SMILES string of the molecule is O=C1N=CC=c2ccc3c(c21)C=c1ccccc1=3. The van der Waals surface area contributed by atoms with Gasteiger partial charge in [-0.1, -0.05) is 36.4 Å². The van der Waals surface area contributed by atoms with E-state index < -0.39 is 0 Å². The Morgan fingerprint density at radius 2 is 1.78 bits per heavy atom. The highest BCUT2D eigenvalue weighted by molar-refractivity contribution is 6.11. The summed E-state index contributed by atoms with van der Waals surface area (Å²) < 4.78 is 0. The molecule has 18 heavy (non-hydrogen) atoms. The fourth-order valence-electron chi connectivity index (χ4n) is 2.67. The Morgan fingerprint density at radius 1 is 0.889 bits per heavy atom. The average molecular weight is 231 g/mol. The van der Waals surface area contributed by atoms with Gasteiger partial charge in [0.2, 0.25) is 0 Å². The van der Waals surface area contributed by atoms with Crippen molar-refractivity contribution in [2.45, 2.75) is 0 Å². The molecular weight excluding hydrogens is 222 g/mol. The first-order valence-electron chi connectivity index (χ1n) is 5.87. The van der Waals surface area contributed by atoms with Crippen LogP contribution in [0.2, 0.25) is 0 Å². The Balaban J connectivity index is 2.29. The molecule has 2 aromatic carbocycles. The maximum Gasteiger partial charge on any atom is 0.278 e. The first-order chi connectivity index (χ1) is 8.84. The number of fused-ring (bicyclic) bond motifs is 4. The van der Waals surface area contributed by atoms with Gasteiger partial charge in [0.15, 0.2) is 0 Å². The van der Waals surface area contributed by atoms with Crippen molar-refractivity contribution in [2.24, 2.45) is 4.99 Å². The van der Waals surface area contributed by atoms with Gasteiger partial charge < -0.3 is 0 Å². The second-order valence-corrected chi connectivity index (χ2v) is 4.47. The number of hydrogen-bond acceptors (Lipinski definition) is 1. The average Bonchev–Trinajstić information content (AvgIpc) is 2.77. The van der Waals surface area contributed by atoms with E-state index in [0.717, 1.165) is 21.6 Å². The summed E-state index contributed by atoms with van der Waals surface area (Å²) in [6, 6.07) is 12.3. The maximum absolute atomic E-state index is 12.0. The van der Waals surface area contributed by atoms with Gasteiger partial charge in [0.1, 0.15) is 0 Å². The second-order valence-electron chi connectivity index (χ2n) is 4.47. The highest BCUT2D eigenvalue weighted by Gasteiger charge is 2.16. The smallest absolute Gasteiger partial charge is 0.267 e. The number of amides is 1. The van der Waals surface area contributed by atoms with Crippen molar-refractivity contribution < 1.29 is 4.79 Å². The summed E-state index contributed by atoms with van der Waals surface area (Å²) in [6.45, 7) is 0. The summed E-state index contributed by atoms with van der Waals surface area (Å²) in [4.78, 5) is 15.8. The predicted octanol–water partition coefficient (Wildman–Crippen LogP) is 1.12. The fourth-order valence-corrected chi connectivity index (χ4v) is 2.67. The molecule has 0 N–H and O–H groups in total. The Morgan fingerprint density at radius 3 is 2.72 bits per heavy atom. The monoisotopic (exact) mass is 231 g/mol. The third-order valence-corrected chi connectivity index (χ3v) is 3.49. The van der Waals surface area contributed by atoms with Crippen LogP contribution in [0.5, 0.6) is 0 Å². The quantitative estimate of drug-likeness (QED) is 0.570. The molecule has 4 rings (SSSR count). The molecular formula is C16H9NO. The van der Waals surface area contributed by atoms with Gasteiger partial charge >= 0.3 is 0 Å². The van der Waals surface area contributed by atoms with Gasteiger partial charge in [0.25, 0.3) is 5.91 Å². The van der Waals surface area contributed by atoms with Gasteiger partial charge in [0.05, 0.1) is 5.56 Å². The van der Waals surface area contributed by atoms with E-state index in [4.69, 9.17) is 0 Å². The van der Waals surface area contributed by atoms with Crippen molar-refractivity contribution >= 4 is 24.3 Å². The van der Waals surface area contributed by atoms with Crippen LogP contribution in [0.15, 0.2) is 41.4 Å². The Labute approximate surface area is 103 Å². The van der Waals surface area contributed by atoms with Crippen LogP contribution in [0.1, 0.15) is 15.9 Å². The van der Waals surface area contributed by atoms with Crippen LogP contribution in [0.25, 0.3) is 12.2 Å². The Kier molecular flexibility index (Phi) is 1.73. The summed E-state index contributed by atoms with van der Waals surface area (Å²) in [6.07, 6.45) is 5.53. The van der Waals surface area contributed by atoms with Gasteiger partial charge in [0, 0.05) is 6.21 Å². The first-order valence-corrected chi connectivity index (χ1v) is 5.87. The van der Waals surface area contributed by atoms with Gasteiger partial charge in [-0.05, 0) is 38.6 Å². The lowest BCUT2D eigenvalue weighted by Crippen LogP contribution is -2.19. The van der Waals surface area contributed by atoms with Gasteiger partial charge in [-0.25, -0.2) is 4.99 Å². The first kappa shape index (κ1) is 9.54. The van der Waals surface area contributed by atoms with Crippen LogP contribution in [0.4, 0.5) is 0 Å². The summed E-state index contributed by atoms with van der Waals surface area (Å²) in [5.74, 6) is -0.145. The van der Waals surface area contributed by atoms with E-state index in [1.54, 1.807) is 6.21 Å². The van der Waals surface area contributed by atoms with Crippen LogP contribution in [-0.2, 0) is 0 Å².